The lowest BCUT2D eigenvalue weighted by atomic mass is 9.88. The summed E-state index contributed by atoms with van der Waals surface area (Å²) in [6.45, 7) is 6.51. The van der Waals surface area contributed by atoms with E-state index in [9.17, 15) is 34.2 Å². The van der Waals surface area contributed by atoms with Gasteiger partial charge in [0.05, 0.1) is 5.41 Å². The summed E-state index contributed by atoms with van der Waals surface area (Å²) in [7, 11) is 1.28. The summed E-state index contributed by atoms with van der Waals surface area (Å²) < 4.78 is 10.4. The van der Waals surface area contributed by atoms with Crippen molar-refractivity contribution in [2.24, 2.45) is 5.41 Å². The maximum absolute atomic E-state index is 12.7. The Hall–Kier alpha value is -2.54. The third-order valence-corrected chi connectivity index (χ3v) is 7.04. The van der Waals surface area contributed by atoms with Crippen LogP contribution in [0.2, 0.25) is 0 Å². The molecule has 2 rings (SSSR count). The first-order valence-corrected chi connectivity index (χ1v) is 11.4. The van der Waals surface area contributed by atoms with Crippen molar-refractivity contribution in [2.75, 3.05) is 19.4 Å². The predicted molar refractivity (Wildman–Crippen MR) is 116 cm³/mol. The molecule has 186 valence electrons. The van der Waals surface area contributed by atoms with Crippen LogP contribution in [0.5, 0.6) is 0 Å². The van der Waals surface area contributed by atoms with Gasteiger partial charge in [0.25, 0.3) is 11.6 Å². The molecule has 2 heterocycles. The van der Waals surface area contributed by atoms with E-state index < -0.39 is 58.0 Å². The van der Waals surface area contributed by atoms with Gasteiger partial charge in [-0.05, 0) is 40.5 Å². The number of ether oxygens (including phenoxy) is 2. The van der Waals surface area contributed by atoms with Gasteiger partial charge in [0.1, 0.15) is 17.0 Å². The summed E-state index contributed by atoms with van der Waals surface area (Å²) in [5, 5.41) is 23.0. The molecule has 2 saturated heterocycles. The maximum atomic E-state index is 12.7. The zero-order valence-corrected chi connectivity index (χ0v) is 20.1. The summed E-state index contributed by atoms with van der Waals surface area (Å²) in [6.07, 6.45) is -0.898. The summed E-state index contributed by atoms with van der Waals surface area (Å²) in [5.74, 6) is -3.09. The smallest absolute Gasteiger partial charge is 0.408 e. The van der Waals surface area contributed by atoms with E-state index in [4.69, 9.17) is 9.47 Å². The molecule has 12 nitrogen and oxygen atoms in total. The molecule has 13 heteroatoms. The quantitative estimate of drug-likeness (QED) is 0.265. The number of carboxylic acid groups (broad SMARTS) is 2. The van der Waals surface area contributed by atoms with Gasteiger partial charge in [0, 0.05) is 25.8 Å². The number of β-lactam (4-membered cyclic amide) rings is 1. The molecule has 4 atom stereocenters. The van der Waals surface area contributed by atoms with Gasteiger partial charge in [-0.25, -0.2) is 9.59 Å². The topological polar surface area (TPSA) is 172 Å². The Bertz CT molecular complexity index is 830. The molecule has 0 saturated carbocycles. The van der Waals surface area contributed by atoms with E-state index in [-0.39, 0.29) is 31.6 Å². The molecule has 0 aliphatic carbocycles. The largest absolute Gasteiger partial charge is 0.481 e. The van der Waals surface area contributed by atoms with E-state index in [1.165, 1.54) is 23.8 Å². The van der Waals surface area contributed by atoms with E-state index in [1.54, 1.807) is 27.7 Å². The lowest BCUT2D eigenvalue weighted by molar-refractivity contribution is -0.200. The van der Waals surface area contributed by atoms with Crippen molar-refractivity contribution >= 4 is 41.6 Å². The number of methoxy groups -OCH3 is 1. The fraction of sp³-hybridized carbons (Fsp3) is 0.750. The first-order chi connectivity index (χ1) is 15.1. The average molecular weight is 490 g/mol. The molecular formula is C20H31N3O9S. The van der Waals surface area contributed by atoms with Gasteiger partial charge in [-0.15, -0.1) is 11.8 Å². The second kappa shape index (κ2) is 9.75. The number of hydrogen-bond acceptors (Lipinski definition) is 8. The minimum atomic E-state index is -1.59. The highest BCUT2D eigenvalue weighted by Gasteiger charge is 2.66. The van der Waals surface area contributed by atoms with Gasteiger partial charge in [-0.2, -0.15) is 0 Å². The minimum Gasteiger partial charge on any atom is -0.481 e. The Balaban J connectivity index is 1.90. The molecule has 0 spiro atoms. The fourth-order valence-corrected chi connectivity index (χ4v) is 5.13. The van der Waals surface area contributed by atoms with E-state index in [1.807, 2.05) is 0 Å². The van der Waals surface area contributed by atoms with Crippen LogP contribution in [-0.2, 0) is 28.7 Å². The number of carbonyl (C=O) groups is 5. The number of hydrogen-bond donors (Lipinski definition) is 4. The number of carbonyl (C=O) groups excluding carboxylic acids is 3. The number of fused-ring (bicyclic) bond motifs is 1. The third kappa shape index (κ3) is 5.88. The first kappa shape index (κ1) is 26.7. The van der Waals surface area contributed by atoms with Crippen LogP contribution in [-0.4, -0.2) is 87.1 Å². The number of nitrogens with one attached hydrogen (secondary N) is 2. The number of rotatable bonds is 9. The summed E-state index contributed by atoms with van der Waals surface area (Å²) in [4.78, 5) is 61.4. The Labute approximate surface area is 195 Å². The van der Waals surface area contributed by atoms with Crippen molar-refractivity contribution in [2.45, 2.75) is 69.7 Å². The average Bonchev–Trinajstić information content (AvgIpc) is 2.69. The number of carboxylic acids is 2. The fourth-order valence-electron chi connectivity index (χ4n) is 3.55. The van der Waals surface area contributed by atoms with E-state index in [2.05, 4.69) is 10.6 Å². The van der Waals surface area contributed by atoms with Crippen molar-refractivity contribution in [3.05, 3.63) is 0 Å². The lowest BCUT2D eigenvalue weighted by Crippen LogP contribution is -2.82. The van der Waals surface area contributed by atoms with Gasteiger partial charge >= 0.3 is 18.0 Å². The Morgan fingerprint density at radius 3 is 2.42 bits per heavy atom. The van der Waals surface area contributed by atoms with Crippen molar-refractivity contribution in [1.82, 2.24) is 15.5 Å². The Morgan fingerprint density at radius 2 is 1.91 bits per heavy atom. The summed E-state index contributed by atoms with van der Waals surface area (Å²) in [6, 6.07) is -1.24. The third-order valence-electron chi connectivity index (χ3n) is 5.34. The van der Waals surface area contributed by atoms with Crippen LogP contribution >= 0.6 is 11.8 Å². The van der Waals surface area contributed by atoms with E-state index in [0.29, 0.717) is 0 Å². The van der Waals surface area contributed by atoms with Crippen LogP contribution in [0.3, 0.4) is 0 Å². The van der Waals surface area contributed by atoms with Crippen LogP contribution < -0.4 is 10.6 Å². The highest BCUT2D eigenvalue weighted by molar-refractivity contribution is 8.00. The SMILES string of the molecule is COC1(NC(=O)CCCC(NC(=O)OC(C)(C)C)C(=O)O)C(=O)N2CC(C)(C(=O)O)CS[C@@H]21. The summed E-state index contributed by atoms with van der Waals surface area (Å²) in [5.41, 5.74) is -3.47. The molecule has 0 radical (unpaired) electrons. The van der Waals surface area contributed by atoms with Crippen LogP contribution in [0.4, 0.5) is 4.79 Å². The van der Waals surface area contributed by atoms with Crippen molar-refractivity contribution in [3.8, 4) is 0 Å². The molecule has 0 aromatic carbocycles. The number of alkyl carbamates (subject to hydrolysis) is 1. The number of aliphatic carboxylic acids is 2. The Morgan fingerprint density at radius 1 is 1.27 bits per heavy atom. The van der Waals surface area contributed by atoms with Crippen molar-refractivity contribution in [3.63, 3.8) is 0 Å². The monoisotopic (exact) mass is 489 g/mol. The van der Waals surface area contributed by atoms with Crippen LogP contribution in [0.1, 0.15) is 47.0 Å². The molecule has 4 N–H and O–H groups in total. The number of thioether (sulfide) groups is 1. The van der Waals surface area contributed by atoms with Gasteiger partial charge in [-0.1, -0.05) is 0 Å². The minimum absolute atomic E-state index is 0.0104. The van der Waals surface area contributed by atoms with Crippen LogP contribution in [0.25, 0.3) is 0 Å². The maximum Gasteiger partial charge on any atom is 0.408 e. The van der Waals surface area contributed by atoms with Gasteiger partial charge < -0.3 is 35.2 Å². The second-order valence-electron chi connectivity index (χ2n) is 9.38. The molecule has 3 unspecified atom stereocenters. The van der Waals surface area contributed by atoms with Crippen molar-refractivity contribution in [1.29, 1.82) is 0 Å². The molecule has 0 aromatic rings. The molecular weight excluding hydrogens is 458 g/mol. The lowest BCUT2D eigenvalue weighted by Gasteiger charge is -2.58. The zero-order valence-electron chi connectivity index (χ0n) is 19.3. The van der Waals surface area contributed by atoms with Gasteiger partial charge in [0.15, 0.2) is 0 Å². The standard InChI is InChI=1S/C20H31N3O9S/c1-18(2,3)32-17(30)21-11(13(25)26)7-6-8-12(24)22-20(31-5)14(27)23-9-19(4,16(28)29)10-33-15(20)23/h11,15H,6-10H2,1-5H3,(H,21,30)(H,22,24)(H,25,26)(H,28,29)/t11?,15-,19?,20?/m1/s1. The second-order valence-corrected chi connectivity index (χ2v) is 10.4. The van der Waals surface area contributed by atoms with E-state index >= 15 is 0 Å². The van der Waals surface area contributed by atoms with Crippen LogP contribution in [0, 0.1) is 5.41 Å². The molecule has 33 heavy (non-hydrogen) atoms. The Kier molecular flexibility index (Phi) is 7.90. The number of amides is 3. The van der Waals surface area contributed by atoms with Crippen LogP contribution in [0.15, 0.2) is 0 Å². The first-order valence-electron chi connectivity index (χ1n) is 10.4. The highest BCUT2D eigenvalue weighted by Crippen LogP contribution is 2.47. The molecule has 2 aliphatic rings. The zero-order chi connectivity index (χ0) is 25.2. The normalized spacial score (nSPS) is 27.6. The molecule has 0 aromatic heterocycles. The molecule has 2 aliphatic heterocycles. The summed E-state index contributed by atoms with van der Waals surface area (Å²) >= 11 is 1.21. The van der Waals surface area contributed by atoms with Gasteiger partial charge in [0.2, 0.25) is 5.91 Å². The molecule has 3 amide bonds. The number of nitrogens with zero attached hydrogens (tertiary/aromatic N) is 1. The highest BCUT2D eigenvalue weighted by atomic mass is 32.2. The van der Waals surface area contributed by atoms with E-state index in [0.717, 1.165) is 0 Å². The predicted octanol–water partition coefficient (Wildman–Crippen LogP) is 0.600. The molecule has 2 fully saturated rings. The molecule has 0 bridgehead atoms. The van der Waals surface area contributed by atoms with Gasteiger partial charge in [-0.3, -0.25) is 14.4 Å². The van der Waals surface area contributed by atoms with Crippen molar-refractivity contribution < 1.29 is 43.7 Å².